The van der Waals surface area contributed by atoms with Gasteiger partial charge >= 0.3 is 0 Å². The van der Waals surface area contributed by atoms with Crippen molar-refractivity contribution in [1.82, 2.24) is 20.5 Å². The van der Waals surface area contributed by atoms with Crippen molar-refractivity contribution in [3.05, 3.63) is 50.2 Å². The van der Waals surface area contributed by atoms with E-state index >= 15 is 0 Å². The number of carbonyl (C=O) groups is 3. The zero-order valence-corrected chi connectivity index (χ0v) is 19.8. The molecule has 3 atom stereocenters. The van der Waals surface area contributed by atoms with E-state index in [0.29, 0.717) is 28.6 Å². The van der Waals surface area contributed by atoms with E-state index in [0.717, 1.165) is 10.1 Å². The number of amides is 3. The number of hydrogen-bond donors (Lipinski definition) is 3. The molecular formula is C21H22ClN5O3S2. The van der Waals surface area contributed by atoms with Gasteiger partial charge in [-0.15, -0.1) is 22.7 Å². The van der Waals surface area contributed by atoms with Crippen LogP contribution < -0.4 is 16.4 Å². The third-order valence-electron chi connectivity index (χ3n) is 5.40. The normalized spacial score (nSPS) is 19.2. The maximum Gasteiger partial charge on any atom is 0.271 e. The van der Waals surface area contributed by atoms with Gasteiger partial charge in [-0.1, -0.05) is 17.7 Å². The molecule has 0 saturated carbocycles. The van der Waals surface area contributed by atoms with Crippen LogP contribution in [0.4, 0.5) is 0 Å². The second-order valence-electron chi connectivity index (χ2n) is 7.64. The van der Waals surface area contributed by atoms with E-state index in [1.54, 1.807) is 23.3 Å². The molecule has 3 heterocycles. The number of thiophene rings is 1. The van der Waals surface area contributed by atoms with E-state index in [1.807, 2.05) is 17.5 Å². The summed E-state index contributed by atoms with van der Waals surface area (Å²) < 4.78 is 0.944. The molecule has 1 aliphatic rings. The number of nitrogens with zero attached hydrogens (tertiary/aromatic N) is 2. The summed E-state index contributed by atoms with van der Waals surface area (Å²) in [6, 6.07) is 4.28. The van der Waals surface area contributed by atoms with Crippen LogP contribution in [0.2, 0.25) is 5.02 Å². The molecule has 1 aliphatic heterocycles. The number of carbonyl (C=O) groups excluding carboxylic acids is 3. The first-order valence-corrected chi connectivity index (χ1v) is 12.1. The number of thiazole rings is 1. The van der Waals surface area contributed by atoms with E-state index in [1.165, 1.54) is 29.7 Å². The molecule has 168 valence electrons. The summed E-state index contributed by atoms with van der Waals surface area (Å²) in [4.78, 5) is 43.6. The van der Waals surface area contributed by atoms with Crippen molar-refractivity contribution in [2.45, 2.75) is 31.5 Å². The van der Waals surface area contributed by atoms with E-state index in [9.17, 15) is 14.4 Å². The van der Waals surface area contributed by atoms with Crippen molar-refractivity contribution < 1.29 is 14.4 Å². The van der Waals surface area contributed by atoms with Crippen molar-refractivity contribution in [2.24, 2.45) is 5.73 Å². The van der Waals surface area contributed by atoms with Gasteiger partial charge in [0.1, 0.15) is 16.7 Å². The Morgan fingerprint density at radius 3 is 2.81 bits per heavy atom. The Morgan fingerprint density at radius 1 is 1.28 bits per heavy atom. The molecule has 8 nitrogen and oxygen atoms in total. The molecule has 4 rings (SSSR count). The molecule has 11 heteroatoms. The highest BCUT2D eigenvalue weighted by atomic mass is 35.5. The molecule has 0 spiro atoms. The van der Waals surface area contributed by atoms with Gasteiger partial charge in [0.05, 0.1) is 11.1 Å². The summed E-state index contributed by atoms with van der Waals surface area (Å²) in [5.41, 5.74) is 6.96. The third-order valence-corrected chi connectivity index (χ3v) is 7.73. The summed E-state index contributed by atoms with van der Waals surface area (Å²) in [6.07, 6.45) is 0.558. The van der Waals surface area contributed by atoms with Crippen molar-refractivity contribution >= 4 is 62.1 Å². The quantitative estimate of drug-likeness (QED) is 0.507. The average Bonchev–Trinajstić information content (AvgIpc) is 3.51. The van der Waals surface area contributed by atoms with Crippen molar-refractivity contribution in [3.8, 4) is 0 Å². The number of halogens is 1. The van der Waals surface area contributed by atoms with Crippen LogP contribution in [0.25, 0.3) is 10.1 Å². The first kappa shape index (κ1) is 22.7. The lowest BCUT2D eigenvalue weighted by atomic mass is 10.1. The van der Waals surface area contributed by atoms with Crippen LogP contribution in [0.3, 0.4) is 0 Å². The number of likely N-dealkylation sites (tertiary alicyclic amines) is 1. The van der Waals surface area contributed by atoms with Crippen LogP contribution in [0, 0.1) is 0 Å². The lowest BCUT2D eigenvalue weighted by Gasteiger charge is -2.23. The standard InChI is InChI=1S/C21H22ClN5O3S2/c1-10(18(28)24-2)25-19(29)15-9-32-20(26-15)16-6-12(23)7-27(16)21(30)11-3-4-13-14(22)8-31-17(13)5-11/h3-5,8-10,12,16H,6-7,23H2,1-2H3,(H,24,28)(H,25,29)/t10?,12-,16+/m1/s1. The van der Waals surface area contributed by atoms with E-state index < -0.39 is 11.9 Å². The van der Waals surface area contributed by atoms with E-state index in [-0.39, 0.29) is 29.6 Å². The van der Waals surface area contributed by atoms with Crippen LogP contribution in [0.1, 0.15) is 45.2 Å². The largest absolute Gasteiger partial charge is 0.357 e. The smallest absolute Gasteiger partial charge is 0.271 e. The summed E-state index contributed by atoms with van der Waals surface area (Å²) in [7, 11) is 1.51. The summed E-state index contributed by atoms with van der Waals surface area (Å²) >= 11 is 8.97. The number of aromatic nitrogens is 1. The molecule has 1 saturated heterocycles. The van der Waals surface area contributed by atoms with E-state index in [4.69, 9.17) is 17.3 Å². The number of hydrogen-bond acceptors (Lipinski definition) is 7. The molecule has 32 heavy (non-hydrogen) atoms. The van der Waals surface area contributed by atoms with Gasteiger partial charge in [-0.2, -0.15) is 0 Å². The van der Waals surface area contributed by atoms with E-state index in [2.05, 4.69) is 15.6 Å². The van der Waals surface area contributed by atoms with Crippen LogP contribution in [0.5, 0.6) is 0 Å². The predicted octanol–water partition coefficient (Wildman–Crippen LogP) is 2.79. The predicted molar refractivity (Wildman–Crippen MR) is 126 cm³/mol. The number of rotatable bonds is 5. The molecule has 3 amide bonds. The second-order valence-corrected chi connectivity index (χ2v) is 9.85. The molecule has 1 aromatic carbocycles. The molecule has 1 unspecified atom stereocenters. The molecular weight excluding hydrogens is 470 g/mol. The van der Waals surface area contributed by atoms with Gasteiger partial charge in [0, 0.05) is 46.0 Å². The molecule has 2 aromatic heterocycles. The Bertz CT molecular complexity index is 1190. The van der Waals surface area contributed by atoms with Crippen LogP contribution in [0.15, 0.2) is 29.0 Å². The zero-order chi connectivity index (χ0) is 23.0. The Kier molecular flexibility index (Phi) is 6.47. The van der Waals surface area contributed by atoms with Gasteiger partial charge in [-0.3, -0.25) is 14.4 Å². The maximum absolute atomic E-state index is 13.3. The minimum absolute atomic E-state index is 0.135. The second kappa shape index (κ2) is 9.14. The molecule has 3 aromatic rings. The lowest BCUT2D eigenvalue weighted by Crippen LogP contribution is -2.43. The highest BCUT2D eigenvalue weighted by Crippen LogP contribution is 2.36. The van der Waals surface area contributed by atoms with Crippen molar-refractivity contribution in [1.29, 1.82) is 0 Å². The Balaban J connectivity index is 1.54. The Labute approximate surface area is 197 Å². The van der Waals surface area contributed by atoms with Gasteiger partial charge in [-0.05, 0) is 25.5 Å². The fourth-order valence-corrected chi connectivity index (χ4v) is 5.85. The van der Waals surface area contributed by atoms with Crippen LogP contribution in [-0.4, -0.2) is 53.3 Å². The summed E-state index contributed by atoms with van der Waals surface area (Å²) in [5.74, 6) is -0.871. The number of likely N-dealkylation sites (N-methyl/N-ethyl adjacent to an activating group) is 1. The summed E-state index contributed by atoms with van der Waals surface area (Å²) in [5, 5.41) is 10.8. The first-order valence-electron chi connectivity index (χ1n) is 9.99. The van der Waals surface area contributed by atoms with Crippen LogP contribution >= 0.6 is 34.3 Å². The Morgan fingerprint density at radius 2 is 2.06 bits per heavy atom. The lowest BCUT2D eigenvalue weighted by molar-refractivity contribution is -0.122. The van der Waals surface area contributed by atoms with Crippen molar-refractivity contribution in [2.75, 3.05) is 13.6 Å². The van der Waals surface area contributed by atoms with Gasteiger partial charge in [0.2, 0.25) is 5.91 Å². The minimum Gasteiger partial charge on any atom is -0.357 e. The average molecular weight is 492 g/mol. The monoisotopic (exact) mass is 491 g/mol. The topological polar surface area (TPSA) is 117 Å². The number of nitrogens with one attached hydrogen (secondary N) is 2. The van der Waals surface area contributed by atoms with Crippen LogP contribution in [-0.2, 0) is 4.79 Å². The highest BCUT2D eigenvalue weighted by molar-refractivity contribution is 7.17. The Hall–Kier alpha value is -2.53. The molecule has 0 radical (unpaired) electrons. The fourth-order valence-electron chi connectivity index (χ4n) is 3.72. The number of fused-ring (bicyclic) bond motifs is 1. The highest BCUT2D eigenvalue weighted by Gasteiger charge is 2.37. The maximum atomic E-state index is 13.3. The molecule has 4 N–H and O–H groups in total. The number of benzene rings is 1. The molecule has 0 bridgehead atoms. The van der Waals surface area contributed by atoms with Gasteiger partial charge in [0.15, 0.2) is 0 Å². The fraction of sp³-hybridized carbons (Fsp3) is 0.333. The third kappa shape index (κ3) is 4.36. The number of nitrogens with two attached hydrogens (primary N) is 1. The SMILES string of the molecule is CNC(=O)C(C)NC(=O)c1csc([C@@H]2C[C@@H](N)CN2C(=O)c2ccc3c(Cl)csc3c2)n1. The zero-order valence-electron chi connectivity index (χ0n) is 17.4. The molecule has 0 aliphatic carbocycles. The summed E-state index contributed by atoms with van der Waals surface area (Å²) in [6.45, 7) is 2.00. The minimum atomic E-state index is -0.684. The van der Waals surface area contributed by atoms with Gasteiger partial charge in [0.25, 0.3) is 11.8 Å². The van der Waals surface area contributed by atoms with Gasteiger partial charge < -0.3 is 21.3 Å². The molecule has 1 fully saturated rings. The van der Waals surface area contributed by atoms with Gasteiger partial charge in [-0.25, -0.2) is 4.98 Å². The van der Waals surface area contributed by atoms with Crippen molar-refractivity contribution in [3.63, 3.8) is 0 Å². The first-order chi connectivity index (χ1) is 15.3.